The Balaban J connectivity index is 1.79. The average molecular weight is 336 g/mol. The molecule has 2 aromatic carbocycles. The van der Waals surface area contributed by atoms with Gasteiger partial charge in [0.25, 0.3) is 5.91 Å². The van der Waals surface area contributed by atoms with E-state index in [9.17, 15) is 9.59 Å². The number of rotatable bonds is 5. The standard InChI is InChI=1S/C21H24N2O2/c1-3-4-12-23-19-10-9-18(14-16(19)8-11-20(23)24)22-21(25)17-7-5-6-15(2)13-17/h5-7,9-10,13-14H,3-4,8,11-12H2,1-2H3,(H,22,25). The zero-order valence-electron chi connectivity index (χ0n) is 14.8. The van der Waals surface area contributed by atoms with Crippen molar-refractivity contribution in [1.29, 1.82) is 0 Å². The molecule has 1 N–H and O–H groups in total. The van der Waals surface area contributed by atoms with Crippen LogP contribution < -0.4 is 10.2 Å². The monoisotopic (exact) mass is 336 g/mol. The van der Waals surface area contributed by atoms with Gasteiger partial charge in [0.2, 0.25) is 5.91 Å². The molecule has 0 fully saturated rings. The van der Waals surface area contributed by atoms with Gasteiger partial charge >= 0.3 is 0 Å². The third kappa shape index (κ3) is 3.90. The summed E-state index contributed by atoms with van der Waals surface area (Å²) in [4.78, 5) is 26.5. The number of benzene rings is 2. The van der Waals surface area contributed by atoms with Crippen LogP contribution in [0.25, 0.3) is 0 Å². The number of fused-ring (bicyclic) bond motifs is 1. The average Bonchev–Trinajstić information content (AvgIpc) is 2.61. The molecule has 25 heavy (non-hydrogen) atoms. The maximum absolute atomic E-state index is 12.4. The zero-order valence-corrected chi connectivity index (χ0v) is 14.8. The highest BCUT2D eigenvalue weighted by Gasteiger charge is 2.23. The van der Waals surface area contributed by atoms with Crippen LogP contribution in [0.5, 0.6) is 0 Å². The highest BCUT2D eigenvalue weighted by molar-refractivity contribution is 6.05. The van der Waals surface area contributed by atoms with Crippen LogP contribution in [0, 0.1) is 6.92 Å². The zero-order chi connectivity index (χ0) is 17.8. The highest BCUT2D eigenvalue weighted by atomic mass is 16.2. The van der Waals surface area contributed by atoms with Gasteiger partial charge in [-0.25, -0.2) is 0 Å². The van der Waals surface area contributed by atoms with E-state index in [1.54, 1.807) is 0 Å². The quantitative estimate of drug-likeness (QED) is 0.883. The molecule has 2 aromatic rings. The van der Waals surface area contributed by atoms with Crippen LogP contribution >= 0.6 is 0 Å². The summed E-state index contributed by atoms with van der Waals surface area (Å²) >= 11 is 0. The fourth-order valence-electron chi connectivity index (χ4n) is 3.19. The molecule has 4 nitrogen and oxygen atoms in total. The number of amides is 2. The molecule has 0 saturated carbocycles. The van der Waals surface area contributed by atoms with Crippen molar-refractivity contribution in [1.82, 2.24) is 0 Å². The first-order valence-electron chi connectivity index (χ1n) is 8.90. The summed E-state index contributed by atoms with van der Waals surface area (Å²) in [6.07, 6.45) is 3.32. The van der Waals surface area contributed by atoms with Crippen LogP contribution in [-0.4, -0.2) is 18.4 Å². The van der Waals surface area contributed by atoms with Gasteiger partial charge < -0.3 is 10.2 Å². The Kier molecular flexibility index (Phi) is 5.17. The molecule has 4 heteroatoms. The largest absolute Gasteiger partial charge is 0.322 e. The fourth-order valence-corrected chi connectivity index (χ4v) is 3.19. The number of anilines is 2. The summed E-state index contributed by atoms with van der Waals surface area (Å²) in [5.74, 6) is 0.0795. The van der Waals surface area contributed by atoms with Crippen molar-refractivity contribution in [2.45, 2.75) is 39.5 Å². The summed E-state index contributed by atoms with van der Waals surface area (Å²) in [7, 11) is 0. The van der Waals surface area contributed by atoms with Gasteiger partial charge in [0.05, 0.1) is 0 Å². The molecule has 0 unspecified atom stereocenters. The van der Waals surface area contributed by atoms with E-state index in [1.807, 2.05) is 54.3 Å². The van der Waals surface area contributed by atoms with Gasteiger partial charge in [0.15, 0.2) is 0 Å². The van der Waals surface area contributed by atoms with Crippen molar-refractivity contribution in [3.8, 4) is 0 Å². The van der Waals surface area contributed by atoms with Crippen LogP contribution in [-0.2, 0) is 11.2 Å². The minimum Gasteiger partial charge on any atom is -0.322 e. The second-order valence-corrected chi connectivity index (χ2v) is 6.57. The number of nitrogens with zero attached hydrogens (tertiary/aromatic N) is 1. The van der Waals surface area contributed by atoms with Crippen molar-refractivity contribution >= 4 is 23.2 Å². The number of unbranched alkanes of at least 4 members (excludes halogenated alkanes) is 1. The molecule has 0 saturated heterocycles. The molecule has 1 heterocycles. The highest BCUT2D eigenvalue weighted by Crippen LogP contribution is 2.30. The van der Waals surface area contributed by atoms with E-state index in [2.05, 4.69) is 12.2 Å². The summed E-state index contributed by atoms with van der Waals surface area (Å²) in [5, 5.41) is 2.96. The molecular weight excluding hydrogens is 312 g/mol. The van der Waals surface area contributed by atoms with Gasteiger partial charge in [-0.05, 0) is 55.7 Å². The number of hydrogen-bond donors (Lipinski definition) is 1. The van der Waals surface area contributed by atoms with Crippen molar-refractivity contribution in [3.63, 3.8) is 0 Å². The van der Waals surface area contributed by atoms with Gasteiger partial charge in [-0.1, -0.05) is 31.0 Å². The van der Waals surface area contributed by atoms with Crippen molar-refractivity contribution in [2.75, 3.05) is 16.8 Å². The van der Waals surface area contributed by atoms with Crippen LogP contribution in [0.2, 0.25) is 0 Å². The minimum absolute atomic E-state index is 0.113. The number of nitrogens with one attached hydrogen (secondary N) is 1. The van der Waals surface area contributed by atoms with Crippen LogP contribution in [0.3, 0.4) is 0 Å². The maximum Gasteiger partial charge on any atom is 0.255 e. The lowest BCUT2D eigenvalue weighted by molar-refractivity contribution is -0.118. The van der Waals surface area contributed by atoms with Gasteiger partial charge in [-0.15, -0.1) is 0 Å². The Morgan fingerprint density at radius 2 is 2.00 bits per heavy atom. The van der Waals surface area contributed by atoms with Crippen molar-refractivity contribution < 1.29 is 9.59 Å². The first-order valence-corrected chi connectivity index (χ1v) is 8.90. The van der Waals surface area contributed by atoms with E-state index in [0.717, 1.165) is 48.3 Å². The van der Waals surface area contributed by atoms with E-state index in [1.165, 1.54) is 0 Å². The fraction of sp³-hybridized carbons (Fsp3) is 0.333. The Morgan fingerprint density at radius 3 is 2.76 bits per heavy atom. The predicted molar refractivity (Wildman–Crippen MR) is 101 cm³/mol. The van der Waals surface area contributed by atoms with Crippen molar-refractivity contribution in [3.05, 3.63) is 59.2 Å². The molecular formula is C21H24N2O2. The third-order valence-electron chi connectivity index (χ3n) is 4.55. The molecule has 1 aliphatic heterocycles. The Labute approximate surface area is 148 Å². The van der Waals surface area contributed by atoms with E-state index < -0.39 is 0 Å². The number of hydrogen-bond acceptors (Lipinski definition) is 2. The van der Waals surface area contributed by atoms with E-state index >= 15 is 0 Å². The number of carbonyl (C=O) groups excluding carboxylic acids is 2. The van der Waals surface area contributed by atoms with Crippen LogP contribution in [0.15, 0.2) is 42.5 Å². The first kappa shape index (κ1) is 17.2. The lowest BCUT2D eigenvalue weighted by Gasteiger charge is -2.29. The van der Waals surface area contributed by atoms with Crippen molar-refractivity contribution in [2.24, 2.45) is 0 Å². The second-order valence-electron chi connectivity index (χ2n) is 6.57. The molecule has 2 amide bonds. The first-order chi connectivity index (χ1) is 12.1. The Morgan fingerprint density at radius 1 is 1.16 bits per heavy atom. The SMILES string of the molecule is CCCCN1C(=O)CCc2cc(NC(=O)c3cccc(C)c3)ccc21. The van der Waals surface area contributed by atoms with E-state index in [4.69, 9.17) is 0 Å². The molecule has 1 aliphatic rings. The summed E-state index contributed by atoms with van der Waals surface area (Å²) in [6.45, 7) is 4.86. The molecule has 0 radical (unpaired) electrons. The van der Waals surface area contributed by atoms with E-state index in [0.29, 0.717) is 12.0 Å². The third-order valence-corrected chi connectivity index (χ3v) is 4.55. The molecule has 0 atom stereocenters. The molecule has 0 aliphatic carbocycles. The molecule has 0 aromatic heterocycles. The van der Waals surface area contributed by atoms with E-state index in [-0.39, 0.29) is 11.8 Å². The van der Waals surface area contributed by atoms with Crippen LogP contribution in [0.1, 0.15) is 47.7 Å². The molecule has 3 rings (SSSR count). The van der Waals surface area contributed by atoms with Crippen LogP contribution in [0.4, 0.5) is 11.4 Å². The maximum atomic E-state index is 12.4. The Hall–Kier alpha value is -2.62. The van der Waals surface area contributed by atoms with Gasteiger partial charge in [-0.3, -0.25) is 9.59 Å². The lowest BCUT2D eigenvalue weighted by atomic mass is 10.00. The predicted octanol–water partition coefficient (Wildman–Crippen LogP) is 4.33. The minimum atomic E-state index is -0.113. The second kappa shape index (κ2) is 7.51. The molecule has 0 bridgehead atoms. The van der Waals surface area contributed by atoms with Gasteiger partial charge in [-0.2, -0.15) is 0 Å². The summed E-state index contributed by atoms with van der Waals surface area (Å²) in [5.41, 5.74) is 4.59. The summed E-state index contributed by atoms with van der Waals surface area (Å²) in [6, 6.07) is 13.4. The normalized spacial score (nSPS) is 13.5. The smallest absolute Gasteiger partial charge is 0.255 e. The summed E-state index contributed by atoms with van der Waals surface area (Å²) < 4.78 is 0. The Bertz CT molecular complexity index is 798. The number of aryl methyl sites for hydroxylation is 2. The molecule has 0 spiro atoms. The molecule has 130 valence electrons. The topological polar surface area (TPSA) is 49.4 Å². The van der Waals surface area contributed by atoms with Gasteiger partial charge in [0.1, 0.15) is 0 Å². The van der Waals surface area contributed by atoms with Gasteiger partial charge in [0, 0.05) is 29.9 Å². The lowest BCUT2D eigenvalue weighted by Crippen LogP contribution is -2.35. The number of carbonyl (C=O) groups is 2.